The highest BCUT2D eigenvalue weighted by Crippen LogP contribution is 2.35. The van der Waals surface area contributed by atoms with Crippen LogP contribution in [0.4, 0.5) is 17.3 Å². The molecule has 0 aliphatic carbocycles. The molecule has 0 bridgehead atoms. The van der Waals surface area contributed by atoms with E-state index in [0.29, 0.717) is 0 Å². The molecule has 2 nitrogen and oxygen atoms in total. The summed E-state index contributed by atoms with van der Waals surface area (Å²) in [6, 6.07) is 36.3. The quantitative estimate of drug-likeness (QED) is 0.148. The Morgan fingerprint density at radius 1 is 0.629 bits per heavy atom. The second-order valence-corrected chi connectivity index (χ2v) is 8.22. The molecular weight excluding hydrogens is 451 g/mol. The van der Waals surface area contributed by atoms with Crippen molar-refractivity contribution in [3.05, 3.63) is 114 Å². The average Bonchev–Trinajstić information content (AvgIpc) is 2.83. The van der Waals surface area contributed by atoms with E-state index in [0.717, 1.165) is 27.8 Å². The topological polar surface area (TPSA) is 16.8 Å². The smallest absolute Gasteiger partial charge is 0.418 e. The molecule has 35 heavy (non-hydrogen) atoms. The van der Waals surface area contributed by atoms with Gasteiger partial charge in [0.2, 0.25) is 5.69 Å². The molecule has 0 fully saturated rings. The zero-order valence-corrected chi connectivity index (χ0v) is 19.3. The third-order valence-corrected chi connectivity index (χ3v) is 5.43. The van der Waals surface area contributed by atoms with Gasteiger partial charge in [-0.25, -0.2) is 0 Å². The van der Waals surface area contributed by atoms with Crippen molar-refractivity contribution in [1.82, 2.24) is 5.10 Å². The number of hydrogen-bond acceptors (Lipinski definition) is 1. The van der Waals surface area contributed by atoms with Gasteiger partial charge in [-0.05, 0) is 53.4 Å². The maximum atomic E-state index is 9.75. The van der Waals surface area contributed by atoms with Gasteiger partial charge in [0.25, 0.3) is 5.69 Å². The summed E-state index contributed by atoms with van der Waals surface area (Å²) in [7, 11) is -6.00. The molecule has 5 rings (SSSR count). The average molecular weight is 474 g/mol. The summed E-state index contributed by atoms with van der Waals surface area (Å²) in [5.74, 6) is 0. The van der Waals surface area contributed by atoms with Crippen LogP contribution in [0.1, 0.15) is 11.1 Å². The van der Waals surface area contributed by atoms with Crippen molar-refractivity contribution in [1.29, 1.82) is 0 Å². The fourth-order valence-electron chi connectivity index (χ4n) is 4.03. The molecule has 1 aromatic heterocycles. The van der Waals surface area contributed by atoms with Gasteiger partial charge >= 0.3 is 7.25 Å². The van der Waals surface area contributed by atoms with Crippen LogP contribution in [0.5, 0.6) is 0 Å². The second kappa shape index (κ2) is 10.1. The predicted octanol–water partition coefficient (Wildman–Crippen LogP) is 7.76. The molecule has 5 aromatic rings. The Morgan fingerprint density at radius 3 is 1.80 bits per heavy atom. The molecule has 0 saturated heterocycles. The monoisotopic (exact) mass is 474 g/mol. The molecule has 176 valence electrons. The van der Waals surface area contributed by atoms with Crippen molar-refractivity contribution in [2.75, 3.05) is 0 Å². The van der Waals surface area contributed by atoms with Crippen LogP contribution in [0, 0.1) is 13.8 Å². The number of aromatic nitrogens is 2. The molecule has 0 aliphatic heterocycles. The lowest BCUT2D eigenvalue weighted by atomic mass is 9.94. The molecule has 0 N–H and O–H groups in total. The zero-order valence-electron chi connectivity index (χ0n) is 19.3. The first kappa shape index (κ1) is 24.1. The first-order valence-electron chi connectivity index (χ1n) is 11.1. The highest BCUT2D eigenvalue weighted by atomic mass is 19.5. The maximum Gasteiger partial charge on any atom is 0.673 e. The van der Waals surface area contributed by atoms with Gasteiger partial charge in [0.15, 0.2) is 0 Å². The van der Waals surface area contributed by atoms with Crippen molar-refractivity contribution in [3.8, 4) is 28.1 Å². The molecule has 1 heterocycles. The van der Waals surface area contributed by atoms with E-state index in [1.807, 2.05) is 0 Å². The van der Waals surface area contributed by atoms with Crippen LogP contribution in [0.15, 0.2) is 103 Å². The van der Waals surface area contributed by atoms with E-state index in [-0.39, 0.29) is 0 Å². The molecule has 0 atom stereocenters. The Bertz CT molecular complexity index is 1450. The van der Waals surface area contributed by atoms with E-state index < -0.39 is 7.25 Å². The van der Waals surface area contributed by atoms with Crippen LogP contribution in [0.3, 0.4) is 0 Å². The van der Waals surface area contributed by atoms with Crippen LogP contribution in [-0.2, 0) is 0 Å². The van der Waals surface area contributed by atoms with Gasteiger partial charge in [-0.3, -0.25) is 0 Å². The number of nitrogens with zero attached hydrogens (tertiary/aromatic N) is 2. The SMILES string of the molecule is Cc1cccc(-[n+]2nc3cc(C)ccc3c(-c3ccccc3)c2-c2ccccc2)c1.F[B-](F)(F)F. The molecule has 4 aromatic carbocycles. The Labute approximate surface area is 201 Å². The van der Waals surface area contributed by atoms with Crippen LogP contribution in [-0.4, -0.2) is 12.4 Å². The summed E-state index contributed by atoms with van der Waals surface area (Å²) in [5, 5.41) is 6.29. The first-order chi connectivity index (χ1) is 16.7. The summed E-state index contributed by atoms with van der Waals surface area (Å²) in [6.07, 6.45) is 0. The molecule has 0 aliphatic rings. The molecule has 0 unspecified atom stereocenters. The number of benzene rings is 4. The fraction of sp³-hybridized carbons (Fsp3) is 0.0714. The van der Waals surface area contributed by atoms with Crippen molar-refractivity contribution < 1.29 is 21.9 Å². The first-order valence-corrected chi connectivity index (χ1v) is 11.1. The number of hydrogen-bond donors (Lipinski definition) is 0. The van der Waals surface area contributed by atoms with Crippen LogP contribution >= 0.6 is 0 Å². The van der Waals surface area contributed by atoms with Crippen LogP contribution < -0.4 is 4.68 Å². The van der Waals surface area contributed by atoms with Gasteiger partial charge in [-0.15, -0.1) is 0 Å². The lowest BCUT2D eigenvalue weighted by Crippen LogP contribution is -2.38. The minimum Gasteiger partial charge on any atom is -0.418 e. The summed E-state index contributed by atoms with van der Waals surface area (Å²) in [4.78, 5) is 0. The normalized spacial score (nSPS) is 11.1. The summed E-state index contributed by atoms with van der Waals surface area (Å²) in [5.41, 5.74) is 9.12. The van der Waals surface area contributed by atoms with Gasteiger partial charge in [0, 0.05) is 28.2 Å². The van der Waals surface area contributed by atoms with E-state index in [4.69, 9.17) is 5.10 Å². The number of fused-ring (bicyclic) bond motifs is 1. The van der Waals surface area contributed by atoms with Crippen LogP contribution in [0.25, 0.3) is 39.0 Å². The third-order valence-electron chi connectivity index (χ3n) is 5.43. The largest absolute Gasteiger partial charge is 0.673 e. The lowest BCUT2D eigenvalue weighted by Gasteiger charge is -2.12. The van der Waals surface area contributed by atoms with Gasteiger partial charge in [0.05, 0.1) is 5.56 Å². The Hall–Kier alpha value is -4.00. The Balaban J connectivity index is 0.000000527. The number of rotatable bonds is 3. The Morgan fingerprint density at radius 2 is 1.20 bits per heavy atom. The highest BCUT2D eigenvalue weighted by molar-refractivity contribution is 6.50. The minimum atomic E-state index is -6.00. The molecule has 0 saturated carbocycles. The third kappa shape index (κ3) is 5.93. The predicted molar refractivity (Wildman–Crippen MR) is 134 cm³/mol. The van der Waals surface area contributed by atoms with Crippen molar-refractivity contribution >= 4 is 18.2 Å². The summed E-state index contributed by atoms with van der Waals surface area (Å²) >= 11 is 0. The van der Waals surface area contributed by atoms with Gasteiger partial charge in [-0.2, -0.15) is 0 Å². The minimum absolute atomic E-state index is 0.995. The molecule has 0 spiro atoms. The van der Waals surface area contributed by atoms with Crippen molar-refractivity contribution in [2.45, 2.75) is 13.8 Å². The standard InChI is InChI=1S/C28H23N2.BF4/c1-20-10-9-15-24(18-20)30-28(23-13-7-4-8-14-23)27(22-11-5-3-6-12-22)25-17-16-21(2)19-26(25)29-30;2-1(3,4)5/h3-19H,1-2H3;/q+1;-1. The van der Waals surface area contributed by atoms with E-state index >= 15 is 0 Å². The van der Waals surface area contributed by atoms with Gasteiger partial charge in [0.1, 0.15) is 5.52 Å². The van der Waals surface area contributed by atoms with E-state index in [1.54, 1.807) is 0 Å². The maximum absolute atomic E-state index is 9.75. The zero-order chi connectivity index (χ0) is 25.0. The molecule has 7 heteroatoms. The molecule has 0 radical (unpaired) electrons. The number of halogens is 4. The molecular formula is C28H23BF4N2. The number of aryl methyl sites for hydroxylation is 2. The van der Waals surface area contributed by atoms with E-state index in [1.165, 1.54) is 22.3 Å². The summed E-state index contributed by atoms with van der Waals surface area (Å²) in [6.45, 7) is 4.24. The fourth-order valence-corrected chi connectivity index (χ4v) is 4.03. The highest BCUT2D eigenvalue weighted by Gasteiger charge is 2.27. The van der Waals surface area contributed by atoms with Crippen molar-refractivity contribution in [2.24, 2.45) is 0 Å². The Kier molecular flexibility index (Phi) is 6.96. The van der Waals surface area contributed by atoms with E-state index in [9.17, 15) is 17.3 Å². The lowest BCUT2D eigenvalue weighted by molar-refractivity contribution is -0.645. The second-order valence-electron chi connectivity index (χ2n) is 8.22. The van der Waals surface area contributed by atoms with E-state index in [2.05, 4.69) is 122 Å². The summed E-state index contributed by atoms with van der Waals surface area (Å²) < 4.78 is 41.1. The van der Waals surface area contributed by atoms with Crippen molar-refractivity contribution in [3.63, 3.8) is 0 Å². The van der Waals surface area contributed by atoms with Gasteiger partial charge < -0.3 is 17.3 Å². The van der Waals surface area contributed by atoms with Gasteiger partial charge in [-0.1, -0.05) is 72.8 Å². The van der Waals surface area contributed by atoms with Crippen LogP contribution in [0.2, 0.25) is 0 Å². The molecule has 0 amide bonds.